The number of methoxy groups -OCH3 is 2. The molecule has 2 unspecified atom stereocenters. The third-order valence-corrected chi connectivity index (χ3v) is 2.98. The molecule has 2 atom stereocenters. The van der Waals surface area contributed by atoms with Gasteiger partial charge in [0.25, 0.3) is 0 Å². The van der Waals surface area contributed by atoms with Crippen LogP contribution in [-0.4, -0.2) is 49.7 Å². The van der Waals surface area contributed by atoms with E-state index in [1.165, 1.54) is 0 Å². The lowest BCUT2D eigenvalue weighted by Crippen LogP contribution is -2.27. The van der Waals surface area contributed by atoms with Crippen molar-refractivity contribution >= 4 is 17.3 Å². The van der Waals surface area contributed by atoms with Crippen LogP contribution in [0.3, 0.4) is 0 Å². The third kappa shape index (κ3) is 2.26. The van der Waals surface area contributed by atoms with E-state index in [0.29, 0.717) is 5.15 Å². The minimum absolute atomic E-state index is 0.0805. The Kier molecular flexibility index (Phi) is 3.58. The van der Waals surface area contributed by atoms with Gasteiger partial charge in [-0.3, -0.25) is 0 Å². The number of nitrogens with zero attached hydrogens (tertiary/aromatic N) is 3. The number of hydrogen-bond acceptors (Lipinski definition) is 5. The highest BCUT2D eigenvalue weighted by atomic mass is 35.5. The molecule has 0 radical (unpaired) electrons. The van der Waals surface area contributed by atoms with Gasteiger partial charge >= 0.3 is 0 Å². The summed E-state index contributed by atoms with van der Waals surface area (Å²) in [6.45, 7) is 1.55. The van der Waals surface area contributed by atoms with Crippen molar-refractivity contribution in [1.82, 2.24) is 10.2 Å². The van der Waals surface area contributed by atoms with E-state index < -0.39 is 0 Å². The van der Waals surface area contributed by atoms with Gasteiger partial charge in [-0.15, -0.1) is 5.10 Å². The van der Waals surface area contributed by atoms with Crippen LogP contribution in [0.25, 0.3) is 0 Å². The summed E-state index contributed by atoms with van der Waals surface area (Å²) in [6, 6.07) is 1.79. The monoisotopic (exact) mass is 243 g/mol. The number of aromatic nitrogens is 2. The largest absolute Gasteiger partial charge is 0.377 e. The summed E-state index contributed by atoms with van der Waals surface area (Å²) < 4.78 is 10.7. The summed E-state index contributed by atoms with van der Waals surface area (Å²) in [7, 11) is 3.38. The molecule has 0 N–H and O–H groups in total. The van der Waals surface area contributed by atoms with Crippen LogP contribution in [0.2, 0.25) is 5.15 Å². The van der Waals surface area contributed by atoms with Crippen molar-refractivity contribution in [3.63, 3.8) is 0 Å². The van der Waals surface area contributed by atoms with Crippen molar-refractivity contribution in [3.8, 4) is 0 Å². The lowest BCUT2D eigenvalue weighted by atomic mass is 10.3. The molecule has 2 rings (SSSR count). The molecule has 1 fully saturated rings. The lowest BCUT2D eigenvalue weighted by Gasteiger charge is -2.16. The van der Waals surface area contributed by atoms with E-state index in [0.717, 1.165) is 18.8 Å². The third-order valence-electron chi connectivity index (χ3n) is 2.80. The fraction of sp³-hybridized carbons (Fsp3) is 0.600. The van der Waals surface area contributed by atoms with Crippen molar-refractivity contribution < 1.29 is 9.47 Å². The Bertz CT molecular complexity index is 352. The van der Waals surface area contributed by atoms with E-state index in [2.05, 4.69) is 15.1 Å². The number of hydrogen-bond donors (Lipinski definition) is 0. The number of ether oxygens (including phenoxy) is 2. The number of rotatable bonds is 3. The van der Waals surface area contributed by atoms with E-state index >= 15 is 0 Å². The van der Waals surface area contributed by atoms with Gasteiger partial charge in [-0.25, -0.2) is 0 Å². The molecule has 0 aromatic carbocycles. The quantitative estimate of drug-likeness (QED) is 0.792. The summed E-state index contributed by atoms with van der Waals surface area (Å²) >= 11 is 5.80. The van der Waals surface area contributed by atoms with Gasteiger partial charge < -0.3 is 14.4 Å². The van der Waals surface area contributed by atoms with E-state index in [-0.39, 0.29) is 12.2 Å². The highest BCUT2D eigenvalue weighted by molar-refractivity contribution is 6.29. The molecule has 1 aliphatic heterocycles. The first-order valence-electron chi connectivity index (χ1n) is 5.03. The van der Waals surface area contributed by atoms with E-state index in [1.807, 2.05) is 0 Å². The molecule has 2 heterocycles. The first-order valence-corrected chi connectivity index (χ1v) is 5.41. The maximum absolute atomic E-state index is 5.80. The first kappa shape index (κ1) is 11.6. The van der Waals surface area contributed by atoms with E-state index in [9.17, 15) is 0 Å². The second-order valence-electron chi connectivity index (χ2n) is 3.69. The Balaban J connectivity index is 2.12. The van der Waals surface area contributed by atoms with Crippen LogP contribution >= 0.6 is 11.6 Å². The highest BCUT2D eigenvalue weighted by Crippen LogP contribution is 2.23. The molecule has 1 aliphatic rings. The number of halogens is 1. The molecule has 0 spiro atoms. The first-order chi connectivity index (χ1) is 7.74. The molecule has 6 heteroatoms. The number of anilines is 1. The van der Waals surface area contributed by atoms with Gasteiger partial charge in [-0.1, -0.05) is 11.6 Å². The summed E-state index contributed by atoms with van der Waals surface area (Å²) in [5, 5.41) is 7.94. The standard InChI is InChI=1S/C10H14ClN3O2/c1-15-8-5-14(6-9(8)16-2)7-3-10(11)13-12-4-7/h3-4,8-9H,5-6H2,1-2H3. The summed E-state index contributed by atoms with van der Waals surface area (Å²) in [4.78, 5) is 2.13. The van der Waals surface area contributed by atoms with Gasteiger partial charge in [0.1, 0.15) is 12.2 Å². The highest BCUT2D eigenvalue weighted by Gasteiger charge is 2.33. The van der Waals surface area contributed by atoms with Crippen molar-refractivity contribution in [3.05, 3.63) is 17.4 Å². The van der Waals surface area contributed by atoms with Crippen molar-refractivity contribution in [1.29, 1.82) is 0 Å². The van der Waals surface area contributed by atoms with Gasteiger partial charge in [0.2, 0.25) is 0 Å². The predicted octanol–water partition coefficient (Wildman–Crippen LogP) is 0.980. The van der Waals surface area contributed by atoms with Gasteiger partial charge in [0.15, 0.2) is 5.15 Å². The van der Waals surface area contributed by atoms with Gasteiger partial charge in [-0.05, 0) is 0 Å². The maximum atomic E-state index is 5.80. The SMILES string of the molecule is COC1CN(c2cnnc(Cl)c2)CC1OC. The Labute approximate surface area is 99.3 Å². The Morgan fingerprint density at radius 3 is 2.44 bits per heavy atom. The zero-order chi connectivity index (χ0) is 11.5. The van der Waals surface area contributed by atoms with Gasteiger partial charge in [0.05, 0.1) is 11.9 Å². The van der Waals surface area contributed by atoms with Crippen LogP contribution in [0.15, 0.2) is 12.3 Å². The molecule has 0 bridgehead atoms. The second kappa shape index (κ2) is 4.95. The van der Waals surface area contributed by atoms with Crippen LogP contribution in [0.1, 0.15) is 0 Å². The smallest absolute Gasteiger partial charge is 0.153 e. The van der Waals surface area contributed by atoms with Crippen molar-refractivity contribution in [2.24, 2.45) is 0 Å². The molecule has 88 valence electrons. The molecule has 16 heavy (non-hydrogen) atoms. The molecule has 1 aromatic heterocycles. The summed E-state index contributed by atoms with van der Waals surface area (Å²) in [5.41, 5.74) is 0.946. The molecule has 0 amide bonds. The van der Waals surface area contributed by atoms with Crippen LogP contribution < -0.4 is 4.90 Å². The predicted molar refractivity (Wildman–Crippen MR) is 60.8 cm³/mol. The summed E-state index contributed by atoms with van der Waals surface area (Å²) in [6.07, 6.45) is 1.85. The molecule has 5 nitrogen and oxygen atoms in total. The van der Waals surface area contributed by atoms with Crippen LogP contribution in [0.5, 0.6) is 0 Å². The minimum Gasteiger partial charge on any atom is -0.377 e. The normalized spacial score (nSPS) is 25.1. The van der Waals surface area contributed by atoms with E-state index in [1.54, 1.807) is 26.5 Å². The molecule has 1 aromatic rings. The zero-order valence-corrected chi connectivity index (χ0v) is 10.0. The topological polar surface area (TPSA) is 47.5 Å². The molecule has 0 saturated carbocycles. The van der Waals surface area contributed by atoms with Crippen molar-refractivity contribution in [2.45, 2.75) is 12.2 Å². The molecular formula is C10H14ClN3O2. The van der Waals surface area contributed by atoms with Gasteiger partial charge in [-0.2, -0.15) is 5.10 Å². The summed E-state index contributed by atoms with van der Waals surface area (Å²) in [5.74, 6) is 0. The lowest BCUT2D eigenvalue weighted by molar-refractivity contribution is -0.00461. The fourth-order valence-electron chi connectivity index (χ4n) is 1.91. The van der Waals surface area contributed by atoms with Crippen LogP contribution in [-0.2, 0) is 9.47 Å². The average molecular weight is 244 g/mol. The Morgan fingerprint density at radius 2 is 1.94 bits per heavy atom. The second-order valence-corrected chi connectivity index (χ2v) is 4.08. The van der Waals surface area contributed by atoms with Crippen molar-refractivity contribution in [2.75, 3.05) is 32.2 Å². The average Bonchev–Trinajstić information content (AvgIpc) is 2.72. The fourth-order valence-corrected chi connectivity index (χ4v) is 2.07. The Morgan fingerprint density at radius 1 is 1.31 bits per heavy atom. The minimum atomic E-state index is 0.0805. The molecule has 1 saturated heterocycles. The van der Waals surface area contributed by atoms with E-state index in [4.69, 9.17) is 21.1 Å². The Hall–Kier alpha value is -0.910. The van der Waals surface area contributed by atoms with Crippen LogP contribution in [0, 0.1) is 0 Å². The zero-order valence-electron chi connectivity index (χ0n) is 9.26. The maximum Gasteiger partial charge on any atom is 0.153 e. The molecule has 0 aliphatic carbocycles. The van der Waals surface area contributed by atoms with Crippen LogP contribution in [0.4, 0.5) is 5.69 Å². The molecular weight excluding hydrogens is 230 g/mol. The van der Waals surface area contributed by atoms with Gasteiger partial charge in [0, 0.05) is 33.4 Å².